The molecule has 0 radical (unpaired) electrons. The van der Waals surface area contributed by atoms with Gasteiger partial charge in [0.05, 0.1) is 57.6 Å². The Hall–Kier alpha value is -4.51. The first-order valence-corrected chi connectivity index (χ1v) is 13.4. The molecule has 12 heteroatoms. The second-order valence-electron chi connectivity index (χ2n) is 10.0. The van der Waals surface area contributed by atoms with E-state index in [-0.39, 0.29) is 47.0 Å². The van der Waals surface area contributed by atoms with Crippen LogP contribution in [0.2, 0.25) is 5.02 Å². The van der Waals surface area contributed by atoms with Crippen LogP contribution in [0.15, 0.2) is 36.4 Å². The lowest BCUT2D eigenvalue weighted by Gasteiger charge is -2.39. The van der Waals surface area contributed by atoms with Crippen molar-refractivity contribution in [1.82, 2.24) is 5.32 Å². The molecule has 42 heavy (non-hydrogen) atoms. The number of ether oxygens (including phenoxy) is 7. The molecule has 1 saturated heterocycles. The molecule has 3 aromatic carbocycles. The van der Waals surface area contributed by atoms with Gasteiger partial charge in [-0.1, -0.05) is 11.6 Å². The van der Waals surface area contributed by atoms with Crippen LogP contribution in [0.1, 0.15) is 39.0 Å². The fourth-order valence-corrected chi connectivity index (χ4v) is 6.44. The highest BCUT2D eigenvalue weighted by atomic mass is 35.5. The fourth-order valence-electron chi connectivity index (χ4n) is 6.12. The molecule has 2 N–H and O–H groups in total. The van der Waals surface area contributed by atoms with Gasteiger partial charge in [-0.3, -0.25) is 9.59 Å². The molecule has 0 bridgehead atoms. The van der Waals surface area contributed by atoms with Crippen molar-refractivity contribution in [2.24, 2.45) is 11.8 Å². The molecule has 6 rings (SSSR count). The molecule has 3 aliphatic rings. The van der Waals surface area contributed by atoms with Crippen molar-refractivity contribution in [3.63, 3.8) is 0 Å². The van der Waals surface area contributed by atoms with Crippen LogP contribution in [0, 0.1) is 11.8 Å². The average molecular weight is 598 g/mol. The van der Waals surface area contributed by atoms with Crippen molar-refractivity contribution in [2.45, 2.75) is 12.0 Å². The molecule has 0 spiro atoms. The standard InChI is InChI=1S/C30H28ClNO10/c1-36-18-6-5-14(25(31)28(18)39-4)29(34)32-26-16-10-20-19(41-12-42-20)9-15(16)23(24-17(26)11-40-30(24)35)13-7-21(37-2)27(33)22(8-13)38-3/h5-10,17,23-24,26,33H,11-12H2,1-4H3,(H,32,34)/t17-,23+,24-,26+/m0/s1. The summed E-state index contributed by atoms with van der Waals surface area (Å²) >= 11 is 6.56. The summed E-state index contributed by atoms with van der Waals surface area (Å²) in [6.45, 7) is 0.113. The zero-order valence-electron chi connectivity index (χ0n) is 23.2. The fraction of sp³-hybridized carbons (Fsp3) is 0.333. The zero-order valence-corrected chi connectivity index (χ0v) is 23.9. The number of aromatic hydroxyl groups is 1. The number of hydrogen-bond acceptors (Lipinski definition) is 10. The molecule has 3 aromatic rings. The van der Waals surface area contributed by atoms with Gasteiger partial charge in [-0.2, -0.15) is 0 Å². The summed E-state index contributed by atoms with van der Waals surface area (Å²) < 4.78 is 38.5. The van der Waals surface area contributed by atoms with E-state index in [4.69, 9.17) is 44.8 Å². The minimum absolute atomic E-state index is 0.0386. The van der Waals surface area contributed by atoms with Gasteiger partial charge >= 0.3 is 5.97 Å². The second kappa shape index (κ2) is 10.7. The summed E-state index contributed by atoms with van der Waals surface area (Å²) in [5.74, 6) is -0.729. The first-order chi connectivity index (χ1) is 20.3. The van der Waals surface area contributed by atoms with Gasteiger partial charge in [0.25, 0.3) is 5.91 Å². The van der Waals surface area contributed by atoms with Crippen LogP contribution < -0.4 is 33.7 Å². The van der Waals surface area contributed by atoms with Crippen LogP contribution in [-0.2, 0) is 9.53 Å². The molecule has 0 aromatic heterocycles. The number of esters is 1. The predicted octanol–water partition coefficient (Wildman–Crippen LogP) is 4.21. The van der Waals surface area contributed by atoms with E-state index in [0.29, 0.717) is 22.8 Å². The van der Waals surface area contributed by atoms with Crippen LogP contribution in [0.3, 0.4) is 0 Å². The third-order valence-corrected chi connectivity index (χ3v) is 8.44. The number of amides is 1. The Morgan fingerprint density at radius 3 is 2.17 bits per heavy atom. The van der Waals surface area contributed by atoms with Gasteiger partial charge < -0.3 is 43.6 Å². The predicted molar refractivity (Wildman–Crippen MR) is 148 cm³/mol. The Kier molecular flexibility index (Phi) is 7.05. The number of carbonyl (C=O) groups excluding carboxylic acids is 2. The van der Waals surface area contributed by atoms with Crippen LogP contribution in [0.5, 0.6) is 40.2 Å². The molecule has 0 saturated carbocycles. The Labute approximate surface area is 246 Å². The molecule has 1 amide bonds. The van der Waals surface area contributed by atoms with Gasteiger partial charge in [-0.25, -0.2) is 0 Å². The summed E-state index contributed by atoms with van der Waals surface area (Å²) in [6.07, 6.45) is 0. The summed E-state index contributed by atoms with van der Waals surface area (Å²) in [5.41, 5.74) is 2.27. The maximum Gasteiger partial charge on any atom is 0.310 e. The second-order valence-corrected chi connectivity index (χ2v) is 10.4. The first-order valence-electron chi connectivity index (χ1n) is 13.1. The summed E-state index contributed by atoms with van der Waals surface area (Å²) in [5, 5.41) is 13.7. The molecular weight excluding hydrogens is 570 g/mol. The lowest BCUT2D eigenvalue weighted by molar-refractivity contribution is -0.141. The largest absolute Gasteiger partial charge is 0.502 e. The highest BCUT2D eigenvalue weighted by molar-refractivity contribution is 6.35. The highest BCUT2D eigenvalue weighted by Crippen LogP contribution is 2.55. The molecule has 220 valence electrons. The number of phenols is 1. The van der Waals surface area contributed by atoms with E-state index in [2.05, 4.69) is 5.32 Å². The number of benzene rings is 3. The molecule has 4 atom stereocenters. The van der Waals surface area contributed by atoms with Crippen molar-refractivity contribution in [2.75, 3.05) is 41.8 Å². The van der Waals surface area contributed by atoms with Crippen molar-refractivity contribution in [3.05, 3.63) is 63.7 Å². The van der Waals surface area contributed by atoms with Gasteiger partial charge in [0.15, 0.2) is 34.5 Å². The van der Waals surface area contributed by atoms with Gasteiger partial charge in [-0.05, 0) is 53.1 Å². The van der Waals surface area contributed by atoms with Crippen LogP contribution >= 0.6 is 11.6 Å². The SMILES string of the molecule is COc1cc([C@@H]2c3cc4c(cc3[C@@H](NC(=O)c3ccc(OC)c(OC)c3Cl)[C@H]3COC(=O)[C@H]23)OCO4)cc(OC)c1O. The summed E-state index contributed by atoms with van der Waals surface area (Å²) in [4.78, 5) is 27.1. The Balaban J connectivity index is 1.49. The number of cyclic esters (lactones) is 1. The quantitative estimate of drug-likeness (QED) is 0.382. The van der Waals surface area contributed by atoms with E-state index in [1.807, 2.05) is 12.1 Å². The highest BCUT2D eigenvalue weighted by Gasteiger charge is 2.53. The number of methoxy groups -OCH3 is 4. The number of rotatable bonds is 7. The lowest BCUT2D eigenvalue weighted by Crippen LogP contribution is -2.43. The zero-order chi connectivity index (χ0) is 29.7. The van der Waals surface area contributed by atoms with E-state index in [0.717, 1.165) is 11.1 Å². The van der Waals surface area contributed by atoms with Gasteiger partial charge in [0.2, 0.25) is 12.5 Å². The normalized spacial score (nSPS) is 21.6. The minimum Gasteiger partial charge on any atom is -0.502 e. The van der Waals surface area contributed by atoms with Crippen molar-refractivity contribution < 1.29 is 47.9 Å². The Morgan fingerprint density at radius 2 is 1.55 bits per heavy atom. The van der Waals surface area contributed by atoms with Crippen molar-refractivity contribution in [3.8, 4) is 40.2 Å². The molecule has 0 unspecified atom stereocenters. The number of nitrogens with one attached hydrogen (secondary N) is 1. The lowest BCUT2D eigenvalue weighted by atomic mass is 9.65. The number of hydrogen-bond donors (Lipinski definition) is 2. The third-order valence-electron chi connectivity index (χ3n) is 8.06. The third kappa shape index (κ3) is 4.27. The van der Waals surface area contributed by atoms with E-state index >= 15 is 0 Å². The Bertz CT molecular complexity index is 1570. The summed E-state index contributed by atoms with van der Waals surface area (Å²) in [7, 11) is 5.78. The monoisotopic (exact) mass is 597 g/mol. The van der Waals surface area contributed by atoms with Gasteiger partial charge in [0.1, 0.15) is 0 Å². The van der Waals surface area contributed by atoms with Crippen LogP contribution in [-0.4, -0.2) is 58.8 Å². The first kappa shape index (κ1) is 27.6. The molecule has 1 fully saturated rings. The maximum atomic E-state index is 13.7. The molecular formula is C30H28ClNO10. The Morgan fingerprint density at radius 1 is 0.905 bits per heavy atom. The topological polar surface area (TPSA) is 131 Å². The number of phenolic OH excluding ortho intramolecular Hbond substituents is 1. The molecule has 2 heterocycles. The van der Waals surface area contributed by atoms with E-state index < -0.39 is 35.7 Å². The van der Waals surface area contributed by atoms with E-state index in [1.165, 1.54) is 28.4 Å². The molecule has 1 aliphatic carbocycles. The number of fused-ring (bicyclic) bond motifs is 3. The van der Waals surface area contributed by atoms with Gasteiger partial charge in [0, 0.05) is 11.8 Å². The number of halogens is 1. The van der Waals surface area contributed by atoms with Crippen LogP contribution in [0.25, 0.3) is 0 Å². The smallest absolute Gasteiger partial charge is 0.310 e. The minimum atomic E-state index is -0.692. The van der Waals surface area contributed by atoms with Crippen LogP contribution in [0.4, 0.5) is 0 Å². The number of carbonyl (C=O) groups is 2. The molecule has 2 aliphatic heterocycles. The molecule has 11 nitrogen and oxygen atoms in total. The van der Waals surface area contributed by atoms with Crippen molar-refractivity contribution in [1.29, 1.82) is 0 Å². The summed E-state index contributed by atoms with van der Waals surface area (Å²) in [6, 6.07) is 9.47. The maximum absolute atomic E-state index is 13.7. The van der Waals surface area contributed by atoms with Crippen molar-refractivity contribution >= 4 is 23.5 Å². The van der Waals surface area contributed by atoms with Gasteiger partial charge in [-0.15, -0.1) is 0 Å². The van der Waals surface area contributed by atoms with E-state index in [9.17, 15) is 14.7 Å². The van der Waals surface area contributed by atoms with E-state index in [1.54, 1.807) is 24.3 Å². The average Bonchev–Trinajstić information content (AvgIpc) is 3.62.